The Bertz CT molecular complexity index is 1440. The van der Waals surface area contributed by atoms with Crippen LogP contribution in [0.3, 0.4) is 0 Å². The van der Waals surface area contributed by atoms with E-state index in [1.54, 1.807) is 11.8 Å². The molecule has 8 heteroatoms. The van der Waals surface area contributed by atoms with Gasteiger partial charge in [0.1, 0.15) is 0 Å². The third-order valence-electron chi connectivity index (χ3n) is 7.39. The van der Waals surface area contributed by atoms with Crippen molar-refractivity contribution in [3.8, 4) is 11.3 Å². The monoisotopic (exact) mass is 526 g/mol. The lowest BCUT2D eigenvalue weighted by atomic mass is 9.88. The molecular weight excluding hydrogens is 488 g/mol. The summed E-state index contributed by atoms with van der Waals surface area (Å²) in [5.74, 6) is 0.193. The number of likely N-dealkylation sites (tertiary alicyclic amines) is 1. The Morgan fingerprint density at radius 2 is 1.77 bits per heavy atom. The normalized spacial score (nSPS) is 18.0. The molecule has 2 aromatic carbocycles. The SMILES string of the molecule is COCCN1C[C@@H](NC(=O)Nc2c(C(C)(C)C)nc(-c3cnn(C)c3)c3ccccc23)[C@H](c2ccccc2)C1. The number of nitrogens with zero attached hydrogens (tertiary/aromatic N) is 4. The molecule has 8 nitrogen and oxygen atoms in total. The molecule has 2 N–H and O–H groups in total. The maximum absolute atomic E-state index is 13.6. The van der Waals surface area contributed by atoms with Crippen LogP contribution in [-0.4, -0.2) is 65.1 Å². The molecule has 1 fully saturated rings. The van der Waals surface area contributed by atoms with E-state index in [4.69, 9.17) is 9.72 Å². The van der Waals surface area contributed by atoms with Crippen LogP contribution in [0, 0.1) is 0 Å². The van der Waals surface area contributed by atoms with Gasteiger partial charge in [0.2, 0.25) is 0 Å². The summed E-state index contributed by atoms with van der Waals surface area (Å²) in [7, 11) is 3.62. The van der Waals surface area contributed by atoms with Gasteiger partial charge >= 0.3 is 6.03 Å². The van der Waals surface area contributed by atoms with Gasteiger partial charge in [-0.05, 0) is 5.56 Å². The number of ether oxygens (including phenoxy) is 1. The lowest BCUT2D eigenvalue weighted by molar-refractivity contribution is 0.159. The fourth-order valence-electron chi connectivity index (χ4n) is 5.49. The van der Waals surface area contributed by atoms with E-state index in [2.05, 4.69) is 77.8 Å². The summed E-state index contributed by atoms with van der Waals surface area (Å²) in [6.45, 7) is 9.49. The van der Waals surface area contributed by atoms with Crippen molar-refractivity contribution in [2.24, 2.45) is 7.05 Å². The van der Waals surface area contributed by atoms with Crippen molar-refractivity contribution in [2.45, 2.75) is 38.1 Å². The lowest BCUT2D eigenvalue weighted by Gasteiger charge is -2.26. The molecule has 2 atom stereocenters. The van der Waals surface area contributed by atoms with Crippen LogP contribution in [0.5, 0.6) is 0 Å². The smallest absolute Gasteiger partial charge is 0.319 e. The molecule has 4 aromatic rings. The summed E-state index contributed by atoms with van der Waals surface area (Å²) >= 11 is 0. The number of anilines is 1. The molecule has 1 aliphatic rings. The highest BCUT2D eigenvalue weighted by molar-refractivity contribution is 6.07. The molecule has 1 aliphatic heterocycles. The van der Waals surface area contributed by atoms with E-state index in [-0.39, 0.29) is 23.4 Å². The molecule has 2 aromatic heterocycles. The zero-order valence-electron chi connectivity index (χ0n) is 23.4. The Morgan fingerprint density at radius 1 is 1.05 bits per heavy atom. The molecule has 2 amide bonds. The van der Waals surface area contributed by atoms with E-state index in [1.807, 2.05) is 37.6 Å². The second kappa shape index (κ2) is 11.2. The first-order chi connectivity index (χ1) is 18.7. The number of carbonyl (C=O) groups is 1. The zero-order valence-corrected chi connectivity index (χ0v) is 23.4. The van der Waals surface area contributed by atoms with Crippen molar-refractivity contribution < 1.29 is 9.53 Å². The van der Waals surface area contributed by atoms with E-state index in [1.165, 1.54) is 5.56 Å². The molecule has 0 spiro atoms. The first kappa shape index (κ1) is 26.8. The standard InChI is InChI=1S/C31H38N6O2/c1-31(2,3)29-28(24-14-10-9-13-23(24)27(34-29)22-17-32-36(4)18-22)35-30(38)33-26-20-37(15-16-39-5)19-25(26)21-11-7-6-8-12-21/h6-14,17-18,25-26H,15-16,19-20H2,1-5H3,(H2,33,35,38)/t25-,26+/m0/s1. The van der Waals surface area contributed by atoms with Crippen LogP contribution in [0.4, 0.5) is 10.5 Å². The fraction of sp³-hybridized carbons (Fsp3) is 0.387. The molecule has 0 radical (unpaired) electrons. The van der Waals surface area contributed by atoms with Crippen molar-refractivity contribution in [3.05, 3.63) is 78.2 Å². The van der Waals surface area contributed by atoms with E-state index in [9.17, 15) is 4.79 Å². The Balaban J connectivity index is 1.48. The van der Waals surface area contributed by atoms with Gasteiger partial charge in [-0.3, -0.25) is 9.58 Å². The number of benzene rings is 2. The number of carbonyl (C=O) groups excluding carboxylic acids is 1. The third-order valence-corrected chi connectivity index (χ3v) is 7.39. The molecule has 0 aliphatic carbocycles. The van der Waals surface area contributed by atoms with Crippen LogP contribution in [0.2, 0.25) is 0 Å². The molecule has 1 saturated heterocycles. The molecule has 0 bridgehead atoms. The van der Waals surface area contributed by atoms with E-state index < -0.39 is 0 Å². The van der Waals surface area contributed by atoms with Gasteiger partial charge in [-0.1, -0.05) is 75.4 Å². The van der Waals surface area contributed by atoms with Crippen LogP contribution < -0.4 is 10.6 Å². The number of hydrogen-bond acceptors (Lipinski definition) is 5. The summed E-state index contributed by atoms with van der Waals surface area (Å²) in [5, 5.41) is 12.8. The molecule has 204 valence electrons. The van der Waals surface area contributed by atoms with Crippen LogP contribution in [-0.2, 0) is 17.2 Å². The average molecular weight is 527 g/mol. The second-order valence-electron chi connectivity index (χ2n) is 11.4. The first-order valence-electron chi connectivity index (χ1n) is 13.5. The average Bonchev–Trinajstić information content (AvgIpc) is 3.53. The van der Waals surface area contributed by atoms with Crippen LogP contribution in [0.1, 0.15) is 37.9 Å². The Kier molecular flexibility index (Phi) is 7.68. The van der Waals surface area contributed by atoms with Crippen LogP contribution >= 0.6 is 0 Å². The minimum absolute atomic E-state index is 0.0313. The summed E-state index contributed by atoms with van der Waals surface area (Å²) < 4.78 is 7.10. The number of rotatable bonds is 7. The highest BCUT2D eigenvalue weighted by atomic mass is 16.5. The summed E-state index contributed by atoms with van der Waals surface area (Å²) in [5.41, 5.74) is 4.31. The minimum atomic E-state index is -0.305. The maximum atomic E-state index is 13.6. The van der Waals surface area contributed by atoms with Gasteiger partial charge < -0.3 is 15.4 Å². The van der Waals surface area contributed by atoms with E-state index >= 15 is 0 Å². The molecule has 0 saturated carbocycles. The third kappa shape index (κ3) is 5.82. The highest BCUT2D eigenvalue weighted by Gasteiger charge is 2.35. The summed E-state index contributed by atoms with van der Waals surface area (Å²) in [4.78, 5) is 21.1. The van der Waals surface area contributed by atoms with Crippen LogP contribution in [0.15, 0.2) is 67.0 Å². The second-order valence-corrected chi connectivity index (χ2v) is 11.4. The maximum Gasteiger partial charge on any atom is 0.319 e. The van der Waals surface area contributed by atoms with Crippen molar-refractivity contribution in [1.29, 1.82) is 0 Å². The molecular formula is C31H38N6O2. The van der Waals surface area contributed by atoms with Crippen molar-refractivity contribution in [1.82, 2.24) is 25.0 Å². The molecule has 39 heavy (non-hydrogen) atoms. The molecule has 3 heterocycles. The Morgan fingerprint density at radius 3 is 2.44 bits per heavy atom. The number of aromatic nitrogens is 3. The van der Waals surface area contributed by atoms with Gasteiger partial charge in [-0.15, -0.1) is 0 Å². The Labute approximate surface area is 230 Å². The summed E-state index contributed by atoms with van der Waals surface area (Å²) in [6, 6.07) is 18.3. The number of pyridine rings is 1. The fourth-order valence-corrected chi connectivity index (χ4v) is 5.49. The molecule has 5 rings (SSSR count). The van der Waals surface area contributed by atoms with E-state index in [0.29, 0.717) is 6.61 Å². The predicted octanol–water partition coefficient (Wildman–Crippen LogP) is 5.17. The minimum Gasteiger partial charge on any atom is -0.383 e. The van der Waals surface area contributed by atoms with Gasteiger partial charge in [-0.2, -0.15) is 5.10 Å². The number of fused-ring (bicyclic) bond motifs is 1. The number of hydrogen-bond donors (Lipinski definition) is 2. The summed E-state index contributed by atoms with van der Waals surface area (Å²) in [6.07, 6.45) is 3.81. The van der Waals surface area contributed by atoms with Crippen molar-refractivity contribution >= 4 is 22.5 Å². The van der Waals surface area contributed by atoms with Gasteiger partial charge in [-0.25, -0.2) is 9.78 Å². The van der Waals surface area contributed by atoms with Crippen molar-refractivity contribution in [3.63, 3.8) is 0 Å². The van der Waals surface area contributed by atoms with E-state index in [0.717, 1.165) is 53.0 Å². The number of aryl methyl sites for hydroxylation is 1. The first-order valence-corrected chi connectivity index (χ1v) is 13.5. The largest absolute Gasteiger partial charge is 0.383 e. The molecule has 0 unspecified atom stereocenters. The number of urea groups is 1. The number of nitrogens with one attached hydrogen (secondary N) is 2. The topological polar surface area (TPSA) is 84.3 Å². The zero-order chi connectivity index (χ0) is 27.6. The van der Waals surface area contributed by atoms with Gasteiger partial charge in [0.05, 0.1) is 35.9 Å². The lowest BCUT2D eigenvalue weighted by Crippen LogP contribution is -2.42. The van der Waals surface area contributed by atoms with Crippen molar-refractivity contribution in [2.75, 3.05) is 38.7 Å². The number of amides is 2. The van der Waals surface area contributed by atoms with Crippen LogP contribution in [0.25, 0.3) is 22.0 Å². The number of methoxy groups -OCH3 is 1. The van der Waals surface area contributed by atoms with Gasteiger partial charge in [0.25, 0.3) is 0 Å². The highest BCUT2D eigenvalue weighted by Crippen LogP contribution is 2.38. The van der Waals surface area contributed by atoms with Gasteiger partial charge in [0.15, 0.2) is 0 Å². The van der Waals surface area contributed by atoms with Gasteiger partial charge in [0, 0.05) is 67.7 Å². The quantitative estimate of drug-likeness (QED) is 0.347. The predicted molar refractivity (Wildman–Crippen MR) is 156 cm³/mol. The Hall–Kier alpha value is -3.75.